The molecule has 2 aromatic rings. The number of nitrogens with one attached hydrogen (secondary N) is 1. The molecule has 21 heavy (non-hydrogen) atoms. The molecule has 0 aliphatic heterocycles. The van der Waals surface area contributed by atoms with E-state index in [1.807, 2.05) is 17.9 Å². The van der Waals surface area contributed by atoms with Gasteiger partial charge in [0.2, 0.25) is 0 Å². The predicted molar refractivity (Wildman–Crippen MR) is 86.4 cm³/mol. The van der Waals surface area contributed by atoms with Gasteiger partial charge in [-0.2, -0.15) is 5.10 Å². The Morgan fingerprint density at radius 3 is 2.90 bits per heavy atom. The standard InChI is InChI=1S/C18H25N3/c1-3-19-18(10-7-14-12-20-21(2)13-14)17-9-8-15-5-4-6-16(15)11-17/h8-9,11-13,18-19H,3-7,10H2,1-2H3. The number of fused-ring (bicyclic) bond motifs is 1. The van der Waals surface area contributed by atoms with Gasteiger partial charge in [0.05, 0.1) is 6.20 Å². The first kappa shape index (κ1) is 14.3. The third kappa shape index (κ3) is 3.35. The molecule has 112 valence electrons. The zero-order valence-corrected chi connectivity index (χ0v) is 13.1. The number of hydrogen-bond acceptors (Lipinski definition) is 2. The molecular formula is C18H25N3. The summed E-state index contributed by atoms with van der Waals surface area (Å²) in [5.41, 5.74) is 5.89. The molecule has 1 N–H and O–H groups in total. The normalized spacial score (nSPS) is 15.1. The van der Waals surface area contributed by atoms with Crippen molar-refractivity contribution in [1.82, 2.24) is 15.1 Å². The van der Waals surface area contributed by atoms with Crippen LogP contribution in [0.25, 0.3) is 0 Å². The summed E-state index contributed by atoms with van der Waals surface area (Å²) in [5, 5.41) is 7.90. The van der Waals surface area contributed by atoms with Crippen LogP contribution in [0, 0.1) is 0 Å². The van der Waals surface area contributed by atoms with Gasteiger partial charge < -0.3 is 5.32 Å². The molecule has 0 amide bonds. The van der Waals surface area contributed by atoms with Crippen LogP contribution in [-0.2, 0) is 26.3 Å². The van der Waals surface area contributed by atoms with E-state index in [4.69, 9.17) is 0 Å². The Balaban J connectivity index is 1.71. The van der Waals surface area contributed by atoms with Gasteiger partial charge in [0, 0.05) is 19.3 Å². The van der Waals surface area contributed by atoms with Gasteiger partial charge in [0.1, 0.15) is 0 Å². The van der Waals surface area contributed by atoms with Crippen LogP contribution in [0.1, 0.15) is 48.1 Å². The maximum atomic E-state index is 4.26. The molecule has 0 radical (unpaired) electrons. The Morgan fingerprint density at radius 2 is 2.14 bits per heavy atom. The van der Waals surface area contributed by atoms with Crippen LogP contribution in [0.3, 0.4) is 0 Å². The summed E-state index contributed by atoms with van der Waals surface area (Å²) in [5.74, 6) is 0. The minimum absolute atomic E-state index is 0.445. The lowest BCUT2D eigenvalue weighted by molar-refractivity contribution is 0.515. The van der Waals surface area contributed by atoms with E-state index in [9.17, 15) is 0 Å². The van der Waals surface area contributed by atoms with E-state index >= 15 is 0 Å². The van der Waals surface area contributed by atoms with Crippen molar-refractivity contribution in [2.75, 3.05) is 6.54 Å². The average molecular weight is 283 g/mol. The maximum absolute atomic E-state index is 4.26. The topological polar surface area (TPSA) is 29.9 Å². The maximum Gasteiger partial charge on any atom is 0.0521 e. The summed E-state index contributed by atoms with van der Waals surface area (Å²) in [6.45, 7) is 3.19. The highest BCUT2D eigenvalue weighted by atomic mass is 15.2. The quantitative estimate of drug-likeness (QED) is 0.882. The Labute approximate surface area is 127 Å². The number of rotatable bonds is 6. The molecule has 3 rings (SSSR count). The number of aromatic nitrogens is 2. The molecule has 1 heterocycles. The molecule has 1 atom stereocenters. The summed E-state index contributed by atoms with van der Waals surface area (Å²) in [6, 6.07) is 7.53. The Bertz CT molecular complexity index is 600. The fraction of sp³-hybridized carbons (Fsp3) is 0.500. The second-order valence-electron chi connectivity index (χ2n) is 6.05. The third-order valence-corrected chi connectivity index (χ3v) is 4.46. The zero-order chi connectivity index (χ0) is 14.7. The first-order valence-electron chi connectivity index (χ1n) is 8.09. The van der Waals surface area contributed by atoms with Crippen molar-refractivity contribution in [1.29, 1.82) is 0 Å². The molecule has 1 aliphatic rings. The number of aryl methyl sites for hydroxylation is 4. The molecule has 0 fully saturated rings. The Kier molecular flexibility index (Phi) is 4.39. The minimum Gasteiger partial charge on any atom is -0.310 e. The third-order valence-electron chi connectivity index (χ3n) is 4.46. The van der Waals surface area contributed by atoms with Gasteiger partial charge in [-0.05, 0) is 60.9 Å². The lowest BCUT2D eigenvalue weighted by Crippen LogP contribution is -2.21. The fourth-order valence-electron chi connectivity index (χ4n) is 3.35. The molecule has 3 nitrogen and oxygen atoms in total. The predicted octanol–water partition coefficient (Wildman–Crippen LogP) is 3.19. The van der Waals surface area contributed by atoms with Gasteiger partial charge in [-0.1, -0.05) is 25.1 Å². The monoisotopic (exact) mass is 283 g/mol. The summed E-state index contributed by atoms with van der Waals surface area (Å²) in [4.78, 5) is 0. The molecule has 1 unspecified atom stereocenters. The van der Waals surface area contributed by atoms with Crippen LogP contribution in [-0.4, -0.2) is 16.3 Å². The van der Waals surface area contributed by atoms with Crippen LogP contribution >= 0.6 is 0 Å². The molecule has 3 heteroatoms. The van der Waals surface area contributed by atoms with Crippen molar-refractivity contribution in [3.63, 3.8) is 0 Å². The van der Waals surface area contributed by atoms with E-state index in [2.05, 4.69) is 41.7 Å². The first-order valence-corrected chi connectivity index (χ1v) is 8.09. The van der Waals surface area contributed by atoms with E-state index in [0.717, 1.165) is 19.4 Å². The van der Waals surface area contributed by atoms with E-state index in [-0.39, 0.29) is 0 Å². The van der Waals surface area contributed by atoms with Crippen molar-refractivity contribution < 1.29 is 0 Å². The molecule has 0 bridgehead atoms. The van der Waals surface area contributed by atoms with Gasteiger partial charge in [-0.25, -0.2) is 0 Å². The molecule has 0 spiro atoms. The highest BCUT2D eigenvalue weighted by molar-refractivity contribution is 5.36. The van der Waals surface area contributed by atoms with E-state index in [0.29, 0.717) is 6.04 Å². The van der Waals surface area contributed by atoms with Crippen LogP contribution in [0.15, 0.2) is 30.6 Å². The van der Waals surface area contributed by atoms with Gasteiger partial charge >= 0.3 is 0 Å². The lowest BCUT2D eigenvalue weighted by atomic mass is 9.97. The molecule has 1 aliphatic carbocycles. The van der Waals surface area contributed by atoms with Crippen molar-refractivity contribution in [3.8, 4) is 0 Å². The van der Waals surface area contributed by atoms with Gasteiger partial charge in [-0.3, -0.25) is 4.68 Å². The summed E-state index contributed by atoms with van der Waals surface area (Å²) < 4.78 is 1.88. The molecule has 0 saturated carbocycles. The van der Waals surface area contributed by atoms with Gasteiger partial charge in [0.15, 0.2) is 0 Å². The summed E-state index contributed by atoms with van der Waals surface area (Å²) in [7, 11) is 1.98. The fourth-order valence-corrected chi connectivity index (χ4v) is 3.35. The summed E-state index contributed by atoms with van der Waals surface area (Å²) >= 11 is 0. The smallest absolute Gasteiger partial charge is 0.0521 e. The number of nitrogens with zero attached hydrogens (tertiary/aromatic N) is 2. The van der Waals surface area contributed by atoms with E-state index in [1.165, 1.54) is 30.4 Å². The number of benzene rings is 1. The second-order valence-corrected chi connectivity index (χ2v) is 6.05. The Hall–Kier alpha value is -1.61. The zero-order valence-electron chi connectivity index (χ0n) is 13.1. The highest BCUT2D eigenvalue weighted by Crippen LogP contribution is 2.27. The molecular weight excluding hydrogens is 258 g/mol. The minimum atomic E-state index is 0.445. The van der Waals surface area contributed by atoms with Gasteiger partial charge in [-0.15, -0.1) is 0 Å². The van der Waals surface area contributed by atoms with Crippen LogP contribution in [0.4, 0.5) is 0 Å². The molecule has 0 saturated heterocycles. The van der Waals surface area contributed by atoms with E-state index < -0.39 is 0 Å². The molecule has 1 aromatic heterocycles. The van der Waals surface area contributed by atoms with Crippen LogP contribution in [0.2, 0.25) is 0 Å². The van der Waals surface area contributed by atoms with Crippen LogP contribution in [0.5, 0.6) is 0 Å². The Morgan fingerprint density at radius 1 is 1.29 bits per heavy atom. The van der Waals surface area contributed by atoms with Crippen molar-refractivity contribution in [2.45, 2.75) is 45.1 Å². The van der Waals surface area contributed by atoms with Gasteiger partial charge in [0.25, 0.3) is 0 Å². The first-order chi connectivity index (χ1) is 10.3. The summed E-state index contributed by atoms with van der Waals surface area (Å²) in [6.07, 6.45) is 10.1. The lowest BCUT2D eigenvalue weighted by Gasteiger charge is -2.19. The average Bonchev–Trinajstić information content (AvgIpc) is 3.11. The number of hydrogen-bond donors (Lipinski definition) is 1. The largest absolute Gasteiger partial charge is 0.310 e. The van der Waals surface area contributed by atoms with Crippen LogP contribution < -0.4 is 5.32 Å². The highest BCUT2D eigenvalue weighted by Gasteiger charge is 2.15. The second kappa shape index (κ2) is 6.44. The van der Waals surface area contributed by atoms with E-state index in [1.54, 1.807) is 11.1 Å². The van der Waals surface area contributed by atoms with Crippen molar-refractivity contribution in [2.24, 2.45) is 7.05 Å². The molecule has 1 aromatic carbocycles. The van der Waals surface area contributed by atoms with Crippen molar-refractivity contribution >= 4 is 0 Å². The van der Waals surface area contributed by atoms with Crippen molar-refractivity contribution in [3.05, 3.63) is 52.8 Å². The SMILES string of the molecule is CCNC(CCc1cnn(C)c1)c1ccc2c(c1)CCC2.